The van der Waals surface area contributed by atoms with E-state index in [9.17, 15) is 4.79 Å². The SMILES string of the molecule is O=C1N(Cc2ccccc2)C(COC(c2ccccc2)(c2ccccc2)c2ccccc2)CC1(Cc1ccccc1)C(F)(F)F. The Bertz CT molecular complexity index is 1580. The highest BCUT2D eigenvalue weighted by molar-refractivity contribution is 5.87. The van der Waals surface area contributed by atoms with Gasteiger partial charge in [-0.1, -0.05) is 152 Å². The van der Waals surface area contributed by atoms with E-state index in [0.29, 0.717) is 5.56 Å². The van der Waals surface area contributed by atoms with Gasteiger partial charge >= 0.3 is 6.18 Å². The van der Waals surface area contributed by atoms with Crippen LogP contribution < -0.4 is 0 Å². The Labute approximate surface area is 261 Å². The topological polar surface area (TPSA) is 29.5 Å². The number of likely N-dealkylation sites (tertiary alicyclic amines) is 1. The minimum absolute atomic E-state index is 0.0509. The number of nitrogens with zero attached hydrogens (tertiary/aromatic N) is 1. The largest absolute Gasteiger partial charge is 0.403 e. The second kappa shape index (κ2) is 12.7. The van der Waals surface area contributed by atoms with Crippen molar-refractivity contribution in [3.63, 3.8) is 0 Å². The van der Waals surface area contributed by atoms with Crippen molar-refractivity contribution in [3.05, 3.63) is 179 Å². The van der Waals surface area contributed by atoms with Crippen molar-refractivity contribution < 1.29 is 22.7 Å². The Hall–Kier alpha value is -4.68. The van der Waals surface area contributed by atoms with Gasteiger partial charge in [0.2, 0.25) is 5.91 Å². The zero-order valence-electron chi connectivity index (χ0n) is 24.7. The number of carbonyl (C=O) groups is 1. The van der Waals surface area contributed by atoms with E-state index in [1.165, 1.54) is 4.90 Å². The van der Waals surface area contributed by atoms with Crippen LogP contribution in [0.1, 0.15) is 34.2 Å². The lowest BCUT2D eigenvalue weighted by atomic mass is 9.78. The van der Waals surface area contributed by atoms with Crippen LogP contribution >= 0.6 is 0 Å². The van der Waals surface area contributed by atoms with Gasteiger partial charge in [0, 0.05) is 6.54 Å². The van der Waals surface area contributed by atoms with Crippen LogP contribution in [0.2, 0.25) is 0 Å². The van der Waals surface area contributed by atoms with Crippen molar-refractivity contribution in [3.8, 4) is 0 Å². The van der Waals surface area contributed by atoms with Gasteiger partial charge in [0.25, 0.3) is 0 Å². The number of ether oxygens (including phenoxy) is 1. The van der Waals surface area contributed by atoms with Gasteiger partial charge < -0.3 is 9.64 Å². The molecule has 6 heteroatoms. The number of benzene rings is 5. The number of alkyl halides is 3. The fraction of sp³-hybridized carbons (Fsp3) is 0.205. The second-order valence-electron chi connectivity index (χ2n) is 11.6. The van der Waals surface area contributed by atoms with Gasteiger partial charge in [-0.2, -0.15) is 13.2 Å². The van der Waals surface area contributed by atoms with E-state index in [-0.39, 0.29) is 13.2 Å². The first-order chi connectivity index (χ1) is 21.8. The summed E-state index contributed by atoms with van der Waals surface area (Å²) in [5.41, 5.74) is 0.0407. The molecule has 5 aromatic carbocycles. The van der Waals surface area contributed by atoms with Crippen molar-refractivity contribution in [1.29, 1.82) is 0 Å². The first-order valence-corrected chi connectivity index (χ1v) is 15.1. The summed E-state index contributed by atoms with van der Waals surface area (Å²) >= 11 is 0. The van der Waals surface area contributed by atoms with E-state index >= 15 is 13.2 Å². The number of rotatable bonds is 10. The van der Waals surface area contributed by atoms with Crippen LogP contribution in [-0.4, -0.2) is 29.6 Å². The lowest BCUT2D eigenvalue weighted by Gasteiger charge is -2.38. The Balaban J connectivity index is 1.45. The predicted octanol–water partition coefficient (Wildman–Crippen LogP) is 8.59. The van der Waals surface area contributed by atoms with Crippen LogP contribution in [0.4, 0.5) is 13.2 Å². The molecule has 0 saturated carbocycles. The molecule has 1 aliphatic heterocycles. The number of hydrogen-bond acceptors (Lipinski definition) is 2. The predicted molar refractivity (Wildman–Crippen MR) is 169 cm³/mol. The van der Waals surface area contributed by atoms with Crippen LogP contribution in [-0.2, 0) is 28.1 Å². The van der Waals surface area contributed by atoms with Gasteiger partial charge in [-0.15, -0.1) is 0 Å². The third kappa shape index (κ3) is 5.90. The van der Waals surface area contributed by atoms with E-state index in [4.69, 9.17) is 4.74 Å². The molecule has 45 heavy (non-hydrogen) atoms. The first kappa shape index (κ1) is 30.4. The molecular weight excluding hydrogens is 571 g/mol. The number of halogens is 3. The highest BCUT2D eigenvalue weighted by Crippen LogP contribution is 2.52. The molecule has 0 spiro atoms. The molecule has 0 aromatic heterocycles. The molecule has 1 fully saturated rings. The Morgan fingerprint density at radius 2 is 1.02 bits per heavy atom. The molecule has 1 saturated heterocycles. The summed E-state index contributed by atoms with van der Waals surface area (Å²) in [6.45, 7) is -0.0563. The molecule has 0 aliphatic carbocycles. The summed E-state index contributed by atoms with van der Waals surface area (Å²) in [5, 5.41) is 0. The third-order valence-electron chi connectivity index (χ3n) is 8.82. The minimum atomic E-state index is -4.76. The smallest absolute Gasteiger partial charge is 0.359 e. The molecule has 2 unspecified atom stereocenters. The zero-order chi connectivity index (χ0) is 31.3. The molecule has 1 amide bonds. The van der Waals surface area contributed by atoms with Crippen molar-refractivity contribution >= 4 is 5.91 Å². The molecular formula is C39H34F3NO2. The van der Waals surface area contributed by atoms with E-state index in [1.807, 2.05) is 121 Å². The fourth-order valence-electron chi connectivity index (χ4n) is 6.59. The maximum Gasteiger partial charge on any atom is 0.403 e. The molecule has 6 rings (SSSR count). The number of carbonyl (C=O) groups excluding carboxylic acids is 1. The summed E-state index contributed by atoms with van der Waals surface area (Å²) in [4.78, 5) is 15.6. The normalized spacial score (nSPS) is 18.7. The van der Waals surface area contributed by atoms with Gasteiger partial charge in [0.05, 0.1) is 12.6 Å². The monoisotopic (exact) mass is 605 g/mol. The van der Waals surface area contributed by atoms with Gasteiger partial charge in [0.1, 0.15) is 5.60 Å². The highest BCUT2D eigenvalue weighted by Gasteiger charge is 2.66. The second-order valence-corrected chi connectivity index (χ2v) is 11.6. The molecule has 0 radical (unpaired) electrons. The van der Waals surface area contributed by atoms with Crippen molar-refractivity contribution in [2.45, 2.75) is 37.2 Å². The van der Waals surface area contributed by atoms with Crippen molar-refractivity contribution in [1.82, 2.24) is 4.90 Å². The molecule has 1 heterocycles. The van der Waals surface area contributed by atoms with E-state index in [0.717, 1.165) is 22.3 Å². The average Bonchev–Trinajstić information content (AvgIpc) is 3.34. The van der Waals surface area contributed by atoms with Crippen LogP contribution in [0.5, 0.6) is 0 Å². The van der Waals surface area contributed by atoms with E-state index in [2.05, 4.69) is 0 Å². The third-order valence-corrected chi connectivity index (χ3v) is 8.82. The zero-order valence-corrected chi connectivity index (χ0v) is 24.7. The molecule has 0 bridgehead atoms. The van der Waals surface area contributed by atoms with E-state index < -0.39 is 42.0 Å². The first-order valence-electron chi connectivity index (χ1n) is 15.1. The molecule has 3 nitrogen and oxygen atoms in total. The maximum absolute atomic E-state index is 15.2. The minimum Gasteiger partial charge on any atom is -0.359 e. The van der Waals surface area contributed by atoms with Crippen LogP contribution in [0.25, 0.3) is 0 Å². The van der Waals surface area contributed by atoms with Gasteiger partial charge in [-0.3, -0.25) is 4.79 Å². The maximum atomic E-state index is 15.2. The molecule has 2 atom stereocenters. The summed E-state index contributed by atoms with van der Waals surface area (Å²) in [6.07, 6.45) is -5.61. The molecule has 5 aromatic rings. The van der Waals surface area contributed by atoms with Gasteiger partial charge in [0.15, 0.2) is 5.41 Å². The lowest BCUT2D eigenvalue weighted by molar-refractivity contribution is -0.219. The molecule has 228 valence electrons. The summed E-state index contributed by atoms with van der Waals surface area (Å²) in [5.74, 6) is -0.916. The average molecular weight is 606 g/mol. The summed E-state index contributed by atoms with van der Waals surface area (Å²) in [7, 11) is 0. The summed E-state index contributed by atoms with van der Waals surface area (Å²) < 4.78 is 52.6. The Kier molecular flexibility index (Phi) is 8.59. The highest BCUT2D eigenvalue weighted by atomic mass is 19.4. The lowest BCUT2D eigenvalue weighted by Crippen LogP contribution is -2.47. The van der Waals surface area contributed by atoms with Crippen LogP contribution in [0, 0.1) is 5.41 Å². The number of amides is 1. The fourth-order valence-corrected chi connectivity index (χ4v) is 6.59. The van der Waals surface area contributed by atoms with Crippen LogP contribution in [0.3, 0.4) is 0 Å². The van der Waals surface area contributed by atoms with E-state index in [1.54, 1.807) is 30.3 Å². The Morgan fingerprint density at radius 3 is 1.44 bits per heavy atom. The van der Waals surface area contributed by atoms with Crippen LogP contribution in [0.15, 0.2) is 152 Å². The van der Waals surface area contributed by atoms with Crippen molar-refractivity contribution in [2.75, 3.05) is 6.61 Å². The number of hydrogen-bond donors (Lipinski definition) is 0. The Morgan fingerprint density at radius 1 is 0.622 bits per heavy atom. The standard InChI is InChI=1S/C39H34F3NO2/c40-39(41,42)37(26-30-16-6-1-7-17-30)27-35(43(36(37)44)28-31-18-8-2-9-19-31)29-45-38(32-20-10-3-11-21-32,33-22-12-4-13-23-33)34-24-14-5-15-25-34/h1-25,35H,26-29H2. The van der Waals surface area contributed by atoms with Crippen molar-refractivity contribution in [2.24, 2.45) is 5.41 Å². The summed E-state index contributed by atoms with van der Waals surface area (Å²) in [6, 6.07) is 45.9. The molecule has 0 N–H and O–H groups in total. The quantitative estimate of drug-likeness (QED) is 0.149. The van der Waals surface area contributed by atoms with Gasteiger partial charge in [-0.25, -0.2) is 0 Å². The van der Waals surface area contributed by atoms with Gasteiger partial charge in [-0.05, 0) is 40.7 Å². The molecule has 1 aliphatic rings.